The fourth-order valence-corrected chi connectivity index (χ4v) is 5.17. The van der Waals surface area contributed by atoms with Crippen molar-refractivity contribution in [1.82, 2.24) is 15.0 Å². The Kier molecular flexibility index (Phi) is 6.89. The second-order valence-corrected chi connectivity index (χ2v) is 9.96. The number of nitrogens with one attached hydrogen (secondary N) is 1. The summed E-state index contributed by atoms with van der Waals surface area (Å²) in [5, 5.41) is 10.2. The van der Waals surface area contributed by atoms with E-state index in [0.717, 1.165) is 6.42 Å². The molecular weight excluding hydrogens is 512 g/mol. The van der Waals surface area contributed by atoms with Gasteiger partial charge in [-0.1, -0.05) is 11.6 Å². The topological polar surface area (TPSA) is 108 Å². The van der Waals surface area contributed by atoms with E-state index < -0.39 is 29.9 Å². The van der Waals surface area contributed by atoms with E-state index in [1.807, 2.05) is 0 Å². The van der Waals surface area contributed by atoms with Crippen molar-refractivity contribution in [3.05, 3.63) is 46.1 Å². The summed E-state index contributed by atoms with van der Waals surface area (Å²) >= 11 is 6.41. The number of nitrogens with zero attached hydrogens (tertiary/aromatic N) is 2. The van der Waals surface area contributed by atoms with Crippen LogP contribution in [0, 0.1) is 17.6 Å². The zero-order valence-corrected chi connectivity index (χ0v) is 20.5. The summed E-state index contributed by atoms with van der Waals surface area (Å²) in [5.74, 6) is -0.971. The molecule has 3 fully saturated rings. The van der Waals surface area contributed by atoms with E-state index in [1.165, 1.54) is 12.1 Å². The number of aryl methyl sites for hydroxylation is 1. The van der Waals surface area contributed by atoms with Crippen LogP contribution in [0.4, 0.5) is 8.78 Å². The third-order valence-corrected chi connectivity index (χ3v) is 7.29. The maximum Gasteiger partial charge on any atom is 0.296 e. The van der Waals surface area contributed by atoms with E-state index in [4.69, 9.17) is 35.3 Å². The standard InChI is InChI=1S/C25H26ClF2N3O6/c26-15-7-19-24(31-25(30-19)37-21-11-36-22-20(32)10-35-23(21)22)29-18(15)2-1-14-16(27)5-13(6-17(14)28)34-9-12-3-4-33-8-12/h5-7,12,20-23,32H,1-4,8-11H2,(H,29,30,31)/t12?,20-,21-,22-,23-/m1/s1. The van der Waals surface area contributed by atoms with Gasteiger partial charge < -0.3 is 33.8 Å². The molecule has 0 spiro atoms. The average molecular weight is 538 g/mol. The summed E-state index contributed by atoms with van der Waals surface area (Å²) in [6.07, 6.45) is -0.769. The number of fused-ring (bicyclic) bond motifs is 2. The van der Waals surface area contributed by atoms with Crippen LogP contribution in [0.3, 0.4) is 0 Å². The van der Waals surface area contributed by atoms with E-state index >= 15 is 0 Å². The number of aromatic amines is 1. The Morgan fingerprint density at radius 2 is 1.86 bits per heavy atom. The SMILES string of the molecule is O[C@@H]1CO[C@H]2[C@@H]1OC[C@H]2Oc1nc2nc(CCc3c(F)cc(OCC4CCOC4)cc3F)c(Cl)cc2[nH]1. The first-order valence-corrected chi connectivity index (χ1v) is 12.6. The number of H-pyrrole nitrogens is 1. The van der Waals surface area contributed by atoms with E-state index in [-0.39, 0.29) is 55.4 Å². The number of benzene rings is 1. The third-order valence-electron chi connectivity index (χ3n) is 6.96. The molecular formula is C25H26ClF2N3O6. The van der Waals surface area contributed by atoms with Gasteiger partial charge >= 0.3 is 0 Å². The van der Waals surface area contributed by atoms with Gasteiger partial charge in [-0.3, -0.25) is 0 Å². The highest BCUT2D eigenvalue weighted by Crippen LogP contribution is 2.31. The summed E-state index contributed by atoms with van der Waals surface area (Å²) in [7, 11) is 0. The minimum Gasteiger partial charge on any atom is -0.493 e. The predicted molar refractivity (Wildman–Crippen MR) is 127 cm³/mol. The second-order valence-electron chi connectivity index (χ2n) is 9.56. The molecule has 0 bridgehead atoms. The largest absolute Gasteiger partial charge is 0.493 e. The number of aliphatic hydroxyl groups is 1. The lowest BCUT2D eigenvalue weighted by Gasteiger charge is -2.15. The van der Waals surface area contributed by atoms with Crippen LogP contribution in [-0.4, -0.2) is 77.5 Å². The first-order chi connectivity index (χ1) is 17.9. The van der Waals surface area contributed by atoms with Crippen LogP contribution in [0.15, 0.2) is 18.2 Å². The molecule has 3 saturated heterocycles. The number of pyridine rings is 1. The van der Waals surface area contributed by atoms with Crippen molar-refractivity contribution in [2.24, 2.45) is 5.92 Å². The third kappa shape index (κ3) is 5.10. The number of aromatic nitrogens is 3. The van der Waals surface area contributed by atoms with Crippen molar-refractivity contribution in [2.75, 3.05) is 33.0 Å². The quantitative estimate of drug-likeness (QED) is 0.451. The zero-order chi connectivity index (χ0) is 25.5. The number of ether oxygens (including phenoxy) is 5. The van der Waals surface area contributed by atoms with Crippen molar-refractivity contribution in [3.63, 3.8) is 0 Å². The molecule has 3 aromatic rings. The molecule has 1 aromatic carbocycles. The highest BCUT2D eigenvalue weighted by atomic mass is 35.5. The molecule has 5 heterocycles. The van der Waals surface area contributed by atoms with Gasteiger partial charge in [-0.2, -0.15) is 4.98 Å². The Balaban J connectivity index is 1.12. The first-order valence-electron chi connectivity index (χ1n) is 12.3. The Bertz CT molecular complexity index is 1260. The Labute approximate surface area is 216 Å². The van der Waals surface area contributed by atoms with Gasteiger partial charge in [0.05, 0.1) is 42.7 Å². The van der Waals surface area contributed by atoms with Gasteiger partial charge in [-0.05, 0) is 25.3 Å². The number of hydrogen-bond acceptors (Lipinski definition) is 8. The average Bonchev–Trinajstić information content (AvgIpc) is 3.65. The molecule has 37 heavy (non-hydrogen) atoms. The van der Waals surface area contributed by atoms with E-state index in [1.54, 1.807) is 6.07 Å². The van der Waals surface area contributed by atoms with Gasteiger partial charge in [-0.25, -0.2) is 13.8 Å². The lowest BCUT2D eigenvalue weighted by Crippen LogP contribution is -2.34. The van der Waals surface area contributed by atoms with Crippen molar-refractivity contribution < 1.29 is 37.6 Å². The van der Waals surface area contributed by atoms with Crippen LogP contribution in [0.2, 0.25) is 5.02 Å². The highest BCUT2D eigenvalue weighted by Gasteiger charge is 2.48. The number of halogens is 3. The highest BCUT2D eigenvalue weighted by molar-refractivity contribution is 6.31. The molecule has 0 radical (unpaired) electrons. The molecule has 0 saturated carbocycles. The molecule has 9 nitrogen and oxygen atoms in total. The summed E-state index contributed by atoms with van der Waals surface area (Å²) in [4.78, 5) is 11.9. The molecule has 2 aromatic heterocycles. The van der Waals surface area contributed by atoms with Crippen LogP contribution >= 0.6 is 11.6 Å². The molecule has 6 rings (SSSR count). The molecule has 0 aliphatic carbocycles. The molecule has 1 unspecified atom stereocenters. The van der Waals surface area contributed by atoms with Gasteiger partial charge in [0, 0.05) is 30.2 Å². The number of imidazole rings is 1. The predicted octanol–water partition coefficient (Wildman–Crippen LogP) is 3.00. The van der Waals surface area contributed by atoms with Gasteiger partial charge in [0.25, 0.3) is 6.01 Å². The smallest absolute Gasteiger partial charge is 0.296 e. The van der Waals surface area contributed by atoms with Crippen LogP contribution in [0.5, 0.6) is 11.8 Å². The summed E-state index contributed by atoms with van der Waals surface area (Å²) in [6, 6.07) is 4.27. The van der Waals surface area contributed by atoms with Crippen molar-refractivity contribution in [1.29, 1.82) is 0 Å². The van der Waals surface area contributed by atoms with Gasteiger partial charge in [0.1, 0.15) is 35.7 Å². The summed E-state index contributed by atoms with van der Waals surface area (Å²) < 4.78 is 57.3. The Morgan fingerprint density at radius 1 is 1.05 bits per heavy atom. The second kappa shape index (κ2) is 10.3. The fourth-order valence-electron chi connectivity index (χ4n) is 4.93. The van der Waals surface area contributed by atoms with Gasteiger partial charge in [0.2, 0.25) is 0 Å². The van der Waals surface area contributed by atoms with Crippen molar-refractivity contribution in [3.8, 4) is 11.8 Å². The van der Waals surface area contributed by atoms with E-state index in [0.29, 0.717) is 41.7 Å². The number of rotatable bonds is 8. The number of aliphatic hydroxyl groups excluding tert-OH is 1. The van der Waals surface area contributed by atoms with Crippen LogP contribution in [-0.2, 0) is 27.1 Å². The van der Waals surface area contributed by atoms with E-state index in [9.17, 15) is 13.9 Å². The minimum absolute atomic E-state index is 0.0581. The zero-order valence-electron chi connectivity index (χ0n) is 19.8. The molecule has 0 amide bonds. The van der Waals surface area contributed by atoms with Gasteiger partial charge in [-0.15, -0.1) is 0 Å². The Hall–Kier alpha value is -2.57. The monoisotopic (exact) mass is 537 g/mol. The lowest BCUT2D eigenvalue weighted by atomic mass is 10.1. The molecule has 5 atom stereocenters. The fraction of sp³-hybridized carbons (Fsp3) is 0.520. The maximum atomic E-state index is 14.7. The van der Waals surface area contributed by atoms with Crippen LogP contribution in [0.1, 0.15) is 17.7 Å². The minimum atomic E-state index is -0.679. The van der Waals surface area contributed by atoms with Crippen molar-refractivity contribution in [2.45, 2.75) is 43.7 Å². The van der Waals surface area contributed by atoms with E-state index in [2.05, 4.69) is 15.0 Å². The molecule has 3 aliphatic heterocycles. The molecule has 198 valence electrons. The van der Waals surface area contributed by atoms with Crippen LogP contribution < -0.4 is 9.47 Å². The Morgan fingerprint density at radius 3 is 2.65 bits per heavy atom. The molecule has 3 aliphatic rings. The lowest BCUT2D eigenvalue weighted by molar-refractivity contribution is 0.00706. The molecule has 2 N–H and O–H groups in total. The van der Waals surface area contributed by atoms with Crippen LogP contribution in [0.25, 0.3) is 11.2 Å². The first kappa shape index (κ1) is 24.7. The number of hydrogen-bond donors (Lipinski definition) is 2. The molecule has 12 heteroatoms. The summed E-state index contributed by atoms with van der Waals surface area (Å²) in [5.41, 5.74) is 1.31. The summed E-state index contributed by atoms with van der Waals surface area (Å²) in [6.45, 7) is 2.10. The van der Waals surface area contributed by atoms with Gasteiger partial charge in [0.15, 0.2) is 11.8 Å². The maximum absolute atomic E-state index is 14.7. The van der Waals surface area contributed by atoms with Crippen molar-refractivity contribution >= 4 is 22.8 Å². The normalized spacial score (nSPS) is 27.2.